The first-order valence-electron chi connectivity index (χ1n) is 6.18. The molecule has 0 saturated carbocycles. The lowest BCUT2D eigenvalue weighted by atomic mass is 10.0. The molecule has 0 aliphatic carbocycles. The molecular weight excluding hydrogens is 254 g/mol. The van der Waals surface area contributed by atoms with E-state index < -0.39 is 0 Å². The second kappa shape index (κ2) is 4.77. The molecular formula is C15H13N3O2. The van der Waals surface area contributed by atoms with Crippen molar-refractivity contribution >= 4 is 11.6 Å². The molecule has 3 rings (SSSR count). The number of fused-ring (bicyclic) bond motifs is 1. The molecule has 0 bridgehead atoms. The maximum Gasteiger partial charge on any atom is 0.337 e. The molecule has 20 heavy (non-hydrogen) atoms. The SMILES string of the molecule is COC(=O)c1cc(C)cc(-c2ccnc3ccnn23)c1. The number of aryl methyl sites for hydroxylation is 1. The largest absolute Gasteiger partial charge is 0.465 e. The summed E-state index contributed by atoms with van der Waals surface area (Å²) in [6, 6.07) is 9.31. The molecule has 0 radical (unpaired) electrons. The summed E-state index contributed by atoms with van der Waals surface area (Å²) in [5.41, 5.74) is 4.07. The van der Waals surface area contributed by atoms with Gasteiger partial charge < -0.3 is 4.74 Å². The van der Waals surface area contributed by atoms with Crippen molar-refractivity contribution in [1.29, 1.82) is 0 Å². The minimum Gasteiger partial charge on any atom is -0.465 e. The van der Waals surface area contributed by atoms with Crippen LogP contribution in [0.2, 0.25) is 0 Å². The van der Waals surface area contributed by atoms with Crippen LogP contribution in [-0.2, 0) is 4.74 Å². The molecule has 0 aliphatic rings. The second-order valence-corrected chi connectivity index (χ2v) is 4.51. The van der Waals surface area contributed by atoms with Crippen LogP contribution in [0.3, 0.4) is 0 Å². The second-order valence-electron chi connectivity index (χ2n) is 4.51. The number of hydrogen-bond donors (Lipinski definition) is 0. The van der Waals surface area contributed by atoms with Crippen molar-refractivity contribution in [2.24, 2.45) is 0 Å². The van der Waals surface area contributed by atoms with Crippen molar-refractivity contribution in [3.63, 3.8) is 0 Å². The summed E-state index contributed by atoms with van der Waals surface area (Å²) < 4.78 is 6.53. The summed E-state index contributed by atoms with van der Waals surface area (Å²) >= 11 is 0. The van der Waals surface area contributed by atoms with Gasteiger partial charge in [-0.05, 0) is 36.8 Å². The Bertz CT molecular complexity index is 793. The van der Waals surface area contributed by atoms with Crippen LogP contribution in [0, 0.1) is 6.92 Å². The van der Waals surface area contributed by atoms with E-state index in [4.69, 9.17) is 4.74 Å². The quantitative estimate of drug-likeness (QED) is 0.669. The first-order chi connectivity index (χ1) is 9.69. The van der Waals surface area contributed by atoms with Gasteiger partial charge in [-0.1, -0.05) is 0 Å². The molecule has 0 fully saturated rings. The Kier molecular flexibility index (Phi) is 2.95. The lowest BCUT2D eigenvalue weighted by Crippen LogP contribution is -2.03. The first-order valence-corrected chi connectivity index (χ1v) is 6.18. The van der Waals surface area contributed by atoms with E-state index in [1.165, 1.54) is 7.11 Å². The fraction of sp³-hybridized carbons (Fsp3) is 0.133. The predicted molar refractivity (Wildman–Crippen MR) is 74.5 cm³/mol. The van der Waals surface area contributed by atoms with E-state index in [-0.39, 0.29) is 5.97 Å². The Labute approximate surface area is 115 Å². The lowest BCUT2D eigenvalue weighted by molar-refractivity contribution is 0.0600. The summed E-state index contributed by atoms with van der Waals surface area (Å²) in [5, 5.41) is 4.26. The number of methoxy groups -OCH3 is 1. The van der Waals surface area contributed by atoms with E-state index in [1.807, 2.05) is 25.1 Å². The number of benzene rings is 1. The highest BCUT2D eigenvalue weighted by molar-refractivity contribution is 5.91. The van der Waals surface area contributed by atoms with Gasteiger partial charge in [-0.15, -0.1) is 0 Å². The zero-order chi connectivity index (χ0) is 14.1. The van der Waals surface area contributed by atoms with E-state index >= 15 is 0 Å². The third kappa shape index (κ3) is 2.03. The number of aromatic nitrogens is 3. The molecule has 2 heterocycles. The number of nitrogens with zero attached hydrogens (tertiary/aromatic N) is 3. The molecule has 0 aliphatic heterocycles. The van der Waals surface area contributed by atoms with Crippen LogP contribution >= 0.6 is 0 Å². The molecule has 5 nitrogen and oxygen atoms in total. The van der Waals surface area contributed by atoms with Crippen LogP contribution in [0.15, 0.2) is 42.7 Å². The van der Waals surface area contributed by atoms with Gasteiger partial charge in [0.15, 0.2) is 5.65 Å². The van der Waals surface area contributed by atoms with Crippen LogP contribution in [0.5, 0.6) is 0 Å². The van der Waals surface area contributed by atoms with Gasteiger partial charge in [-0.25, -0.2) is 14.3 Å². The minimum atomic E-state index is -0.347. The van der Waals surface area contributed by atoms with Crippen molar-refractivity contribution in [3.05, 3.63) is 53.9 Å². The average molecular weight is 267 g/mol. The normalized spacial score (nSPS) is 10.7. The zero-order valence-electron chi connectivity index (χ0n) is 11.2. The average Bonchev–Trinajstić information content (AvgIpc) is 2.94. The number of carbonyl (C=O) groups excluding carboxylic acids is 1. The third-order valence-electron chi connectivity index (χ3n) is 3.08. The Hall–Kier alpha value is -2.69. The highest BCUT2D eigenvalue weighted by atomic mass is 16.5. The number of esters is 1. The zero-order valence-corrected chi connectivity index (χ0v) is 11.2. The summed E-state index contributed by atoms with van der Waals surface area (Å²) in [7, 11) is 1.38. The summed E-state index contributed by atoms with van der Waals surface area (Å²) in [5.74, 6) is -0.347. The molecule has 100 valence electrons. The molecule has 0 unspecified atom stereocenters. The van der Waals surface area contributed by atoms with Crippen molar-refractivity contribution in [2.45, 2.75) is 6.92 Å². The fourth-order valence-electron chi connectivity index (χ4n) is 2.22. The maximum atomic E-state index is 11.7. The van der Waals surface area contributed by atoms with Gasteiger partial charge in [0.25, 0.3) is 0 Å². The van der Waals surface area contributed by atoms with Crippen molar-refractivity contribution < 1.29 is 9.53 Å². The summed E-state index contributed by atoms with van der Waals surface area (Å²) in [6.07, 6.45) is 3.43. The smallest absolute Gasteiger partial charge is 0.337 e. The minimum absolute atomic E-state index is 0.347. The van der Waals surface area contributed by atoms with Crippen LogP contribution in [0.1, 0.15) is 15.9 Å². The number of rotatable bonds is 2. The van der Waals surface area contributed by atoms with E-state index in [0.29, 0.717) is 5.56 Å². The lowest BCUT2D eigenvalue weighted by Gasteiger charge is -2.08. The van der Waals surface area contributed by atoms with E-state index in [0.717, 1.165) is 22.5 Å². The number of carbonyl (C=O) groups is 1. The standard InChI is InChI=1S/C15H13N3O2/c1-10-7-11(9-12(8-10)15(19)20-2)13-3-5-16-14-4-6-17-18(13)14/h3-9H,1-2H3. The monoisotopic (exact) mass is 267 g/mol. The number of hydrogen-bond acceptors (Lipinski definition) is 4. The molecule has 5 heteroatoms. The van der Waals surface area contributed by atoms with Crippen LogP contribution < -0.4 is 0 Å². The third-order valence-corrected chi connectivity index (χ3v) is 3.08. The maximum absolute atomic E-state index is 11.7. The van der Waals surface area contributed by atoms with Crippen LogP contribution in [-0.4, -0.2) is 27.7 Å². The molecule has 0 spiro atoms. The van der Waals surface area contributed by atoms with Crippen LogP contribution in [0.4, 0.5) is 0 Å². The van der Waals surface area contributed by atoms with Crippen molar-refractivity contribution in [3.8, 4) is 11.3 Å². The van der Waals surface area contributed by atoms with E-state index in [2.05, 4.69) is 10.1 Å². The molecule has 0 N–H and O–H groups in total. The summed E-state index contributed by atoms with van der Waals surface area (Å²) in [4.78, 5) is 15.9. The van der Waals surface area contributed by atoms with Gasteiger partial charge in [0, 0.05) is 17.8 Å². The molecule has 3 aromatic rings. The van der Waals surface area contributed by atoms with Gasteiger partial charge in [-0.3, -0.25) is 0 Å². The molecule has 1 aromatic carbocycles. The molecule has 0 atom stereocenters. The van der Waals surface area contributed by atoms with Crippen LogP contribution in [0.25, 0.3) is 16.9 Å². The van der Waals surface area contributed by atoms with Gasteiger partial charge in [0.1, 0.15) is 0 Å². The van der Waals surface area contributed by atoms with Crippen molar-refractivity contribution in [2.75, 3.05) is 7.11 Å². The first kappa shape index (κ1) is 12.3. The predicted octanol–water partition coefficient (Wildman–Crippen LogP) is 2.49. The van der Waals surface area contributed by atoms with Crippen molar-refractivity contribution in [1.82, 2.24) is 14.6 Å². The Morgan fingerprint density at radius 3 is 2.85 bits per heavy atom. The molecule has 2 aromatic heterocycles. The fourth-order valence-corrected chi connectivity index (χ4v) is 2.22. The number of ether oxygens (including phenoxy) is 1. The highest BCUT2D eigenvalue weighted by Crippen LogP contribution is 2.22. The molecule has 0 amide bonds. The highest BCUT2D eigenvalue weighted by Gasteiger charge is 2.11. The van der Waals surface area contributed by atoms with Gasteiger partial charge >= 0.3 is 5.97 Å². The Balaban J connectivity index is 2.21. The Morgan fingerprint density at radius 1 is 1.20 bits per heavy atom. The Morgan fingerprint density at radius 2 is 2.05 bits per heavy atom. The van der Waals surface area contributed by atoms with Gasteiger partial charge in [-0.2, -0.15) is 5.10 Å². The van der Waals surface area contributed by atoms with E-state index in [9.17, 15) is 4.79 Å². The summed E-state index contributed by atoms with van der Waals surface area (Å²) in [6.45, 7) is 1.94. The topological polar surface area (TPSA) is 56.5 Å². The molecule has 0 saturated heterocycles. The van der Waals surface area contributed by atoms with Gasteiger partial charge in [0.2, 0.25) is 0 Å². The van der Waals surface area contributed by atoms with Gasteiger partial charge in [0.05, 0.1) is 24.6 Å². The van der Waals surface area contributed by atoms with E-state index in [1.54, 1.807) is 29.0 Å².